The van der Waals surface area contributed by atoms with Crippen molar-refractivity contribution in [3.05, 3.63) is 48.2 Å². The van der Waals surface area contributed by atoms with E-state index in [1.54, 1.807) is 24.0 Å². The summed E-state index contributed by atoms with van der Waals surface area (Å²) in [4.78, 5) is 15.6. The van der Waals surface area contributed by atoms with E-state index in [-0.39, 0.29) is 5.78 Å². The molecule has 0 aliphatic carbocycles. The molecule has 104 valence electrons. The first-order valence-electron chi connectivity index (χ1n) is 6.24. The van der Waals surface area contributed by atoms with Crippen molar-refractivity contribution < 1.29 is 9.53 Å². The van der Waals surface area contributed by atoms with Gasteiger partial charge in [-0.1, -0.05) is 12.1 Å². The number of nitrogen functional groups attached to an aromatic ring is 1. The van der Waals surface area contributed by atoms with Crippen molar-refractivity contribution in [2.45, 2.75) is 11.9 Å². The van der Waals surface area contributed by atoms with E-state index in [0.717, 1.165) is 10.8 Å². The van der Waals surface area contributed by atoms with Crippen LogP contribution in [0.1, 0.15) is 17.3 Å². The number of benzene rings is 1. The number of Topliss-reactive ketones (excluding diaryl/α,β-unsaturated/α-hetero) is 1. The third kappa shape index (κ3) is 3.99. The number of pyridine rings is 1. The molecule has 5 heteroatoms. The molecule has 0 unspecified atom stereocenters. The lowest BCUT2D eigenvalue weighted by Crippen LogP contribution is -2.04. The number of hydrogen-bond acceptors (Lipinski definition) is 5. The topological polar surface area (TPSA) is 65.2 Å². The highest BCUT2D eigenvalue weighted by atomic mass is 32.2. The number of para-hydroxylation sites is 1. The lowest BCUT2D eigenvalue weighted by molar-refractivity contribution is 0.101. The molecule has 0 amide bonds. The van der Waals surface area contributed by atoms with Gasteiger partial charge in [-0.2, -0.15) is 0 Å². The van der Waals surface area contributed by atoms with Gasteiger partial charge in [-0.25, -0.2) is 4.98 Å². The molecule has 1 aromatic carbocycles. The lowest BCUT2D eigenvalue weighted by atomic mass is 10.1. The van der Waals surface area contributed by atoms with Crippen LogP contribution in [-0.2, 0) is 0 Å². The van der Waals surface area contributed by atoms with E-state index in [9.17, 15) is 4.79 Å². The normalized spacial score (nSPS) is 10.2. The largest absolute Gasteiger partial charge is 0.492 e. The Morgan fingerprint density at radius 2 is 2.10 bits per heavy atom. The minimum absolute atomic E-state index is 0.00783. The second-order valence-corrected chi connectivity index (χ2v) is 5.29. The molecule has 0 spiro atoms. The highest BCUT2D eigenvalue weighted by Gasteiger charge is 2.07. The molecule has 0 saturated carbocycles. The molecule has 0 aliphatic heterocycles. The maximum atomic E-state index is 11.4. The second-order valence-electron chi connectivity index (χ2n) is 4.18. The first kappa shape index (κ1) is 14.4. The Labute approximate surface area is 122 Å². The van der Waals surface area contributed by atoms with Gasteiger partial charge in [0.2, 0.25) is 0 Å². The molecule has 0 atom stereocenters. The van der Waals surface area contributed by atoms with Crippen molar-refractivity contribution >= 4 is 23.2 Å². The molecule has 0 fully saturated rings. The van der Waals surface area contributed by atoms with Crippen LogP contribution >= 0.6 is 11.8 Å². The minimum Gasteiger partial charge on any atom is -0.492 e. The van der Waals surface area contributed by atoms with Gasteiger partial charge in [-0.15, -0.1) is 11.8 Å². The third-order valence-electron chi connectivity index (χ3n) is 2.62. The van der Waals surface area contributed by atoms with Crippen LogP contribution in [0.25, 0.3) is 0 Å². The van der Waals surface area contributed by atoms with Gasteiger partial charge in [0.25, 0.3) is 0 Å². The van der Waals surface area contributed by atoms with E-state index < -0.39 is 0 Å². The summed E-state index contributed by atoms with van der Waals surface area (Å²) in [5.74, 6) is 1.39. The summed E-state index contributed by atoms with van der Waals surface area (Å²) in [6.07, 6.45) is 1.63. The smallest absolute Gasteiger partial charge is 0.163 e. The highest BCUT2D eigenvalue weighted by Crippen LogP contribution is 2.20. The number of rotatable bonds is 6. The molecular weight excluding hydrogens is 272 g/mol. The van der Waals surface area contributed by atoms with E-state index in [0.29, 0.717) is 23.6 Å². The van der Waals surface area contributed by atoms with E-state index in [4.69, 9.17) is 10.5 Å². The molecule has 2 N–H and O–H groups in total. The Hall–Kier alpha value is -2.01. The molecule has 0 aliphatic rings. The molecule has 4 nitrogen and oxygen atoms in total. The van der Waals surface area contributed by atoms with Crippen LogP contribution in [0.2, 0.25) is 0 Å². The monoisotopic (exact) mass is 288 g/mol. The average Bonchev–Trinajstić information content (AvgIpc) is 2.46. The van der Waals surface area contributed by atoms with E-state index in [1.807, 2.05) is 30.3 Å². The van der Waals surface area contributed by atoms with Crippen LogP contribution in [0, 0.1) is 0 Å². The fourth-order valence-electron chi connectivity index (χ4n) is 1.66. The number of aromatic nitrogens is 1. The van der Waals surface area contributed by atoms with E-state index in [2.05, 4.69) is 4.98 Å². The zero-order chi connectivity index (χ0) is 14.4. The molecule has 1 aromatic heterocycles. The second kappa shape index (κ2) is 6.96. The predicted octanol–water partition coefficient (Wildman–Crippen LogP) is 3.04. The number of ketones is 1. The van der Waals surface area contributed by atoms with Gasteiger partial charge in [0.05, 0.1) is 29.1 Å². The SMILES string of the molecule is CC(=O)c1ccccc1OCCSc1ccc(N)cn1. The Morgan fingerprint density at radius 3 is 2.80 bits per heavy atom. The molecular formula is C15H16N2O2S. The number of nitrogens with zero attached hydrogens (tertiary/aromatic N) is 1. The first-order chi connectivity index (χ1) is 9.66. The van der Waals surface area contributed by atoms with Crippen LogP contribution in [0.4, 0.5) is 5.69 Å². The quantitative estimate of drug-likeness (QED) is 0.503. The minimum atomic E-state index is 0.00783. The fourth-order valence-corrected chi connectivity index (χ4v) is 2.33. The lowest BCUT2D eigenvalue weighted by Gasteiger charge is -2.09. The Balaban J connectivity index is 1.84. The summed E-state index contributed by atoms with van der Waals surface area (Å²) >= 11 is 1.59. The number of carbonyl (C=O) groups excluding carboxylic acids is 1. The van der Waals surface area contributed by atoms with Gasteiger partial charge in [0.15, 0.2) is 5.78 Å². The maximum Gasteiger partial charge on any atom is 0.163 e. The summed E-state index contributed by atoms with van der Waals surface area (Å²) in [7, 11) is 0. The van der Waals surface area contributed by atoms with Gasteiger partial charge < -0.3 is 10.5 Å². The fraction of sp³-hybridized carbons (Fsp3) is 0.200. The maximum absolute atomic E-state index is 11.4. The first-order valence-corrected chi connectivity index (χ1v) is 7.22. The number of thioether (sulfide) groups is 1. The summed E-state index contributed by atoms with van der Waals surface area (Å²) in [6, 6.07) is 11.0. The van der Waals surface area contributed by atoms with Crippen LogP contribution in [0.15, 0.2) is 47.6 Å². The Bertz CT molecular complexity index is 585. The summed E-state index contributed by atoms with van der Waals surface area (Å²) < 4.78 is 5.65. The molecule has 0 radical (unpaired) electrons. The van der Waals surface area contributed by atoms with Crippen molar-refractivity contribution in [3.63, 3.8) is 0 Å². The van der Waals surface area contributed by atoms with Gasteiger partial charge in [0, 0.05) is 5.75 Å². The summed E-state index contributed by atoms with van der Waals surface area (Å²) in [6.45, 7) is 2.05. The predicted molar refractivity (Wildman–Crippen MR) is 81.3 cm³/mol. The number of carbonyl (C=O) groups is 1. The average molecular weight is 288 g/mol. The van der Waals surface area contributed by atoms with Crippen LogP contribution in [-0.4, -0.2) is 23.1 Å². The van der Waals surface area contributed by atoms with Crippen molar-refractivity contribution in [1.82, 2.24) is 4.98 Å². The van der Waals surface area contributed by atoms with Crippen molar-refractivity contribution in [3.8, 4) is 5.75 Å². The Morgan fingerprint density at radius 1 is 1.30 bits per heavy atom. The highest BCUT2D eigenvalue weighted by molar-refractivity contribution is 7.99. The number of hydrogen-bond donors (Lipinski definition) is 1. The van der Waals surface area contributed by atoms with Crippen LogP contribution in [0.5, 0.6) is 5.75 Å². The van der Waals surface area contributed by atoms with Gasteiger partial charge in [0.1, 0.15) is 5.75 Å². The van der Waals surface area contributed by atoms with E-state index in [1.165, 1.54) is 6.92 Å². The standard InChI is InChI=1S/C15H16N2O2S/c1-11(18)13-4-2-3-5-14(13)19-8-9-20-15-7-6-12(16)10-17-15/h2-7,10H,8-9,16H2,1H3. The van der Waals surface area contributed by atoms with E-state index >= 15 is 0 Å². The van der Waals surface area contributed by atoms with Gasteiger partial charge in [-0.05, 0) is 31.2 Å². The molecule has 2 aromatic rings. The van der Waals surface area contributed by atoms with Crippen molar-refractivity contribution in [2.24, 2.45) is 0 Å². The number of ether oxygens (including phenoxy) is 1. The van der Waals surface area contributed by atoms with Crippen LogP contribution in [0.3, 0.4) is 0 Å². The third-order valence-corrected chi connectivity index (χ3v) is 3.52. The molecule has 20 heavy (non-hydrogen) atoms. The summed E-state index contributed by atoms with van der Waals surface area (Å²) in [5.41, 5.74) is 6.84. The molecule has 0 bridgehead atoms. The summed E-state index contributed by atoms with van der Waals surface area (Å²) in [5, 5.41) is 0.905. The van der Waals surface area contributed by atoms with Crippen molar-refractivity contribution in [1.29, 1.82) is 0 Å². The zero-order valence-electron chi connectivity index (χ0n) is 11.2. The molecule has 0 saturated heterocycles. The zero-order valence-corrected chi connectivity index (χ0v) is 12.0. The molecule has 2 rings (SSSR count). The number of anilines is 1. The van der Waals surface area contributed by atoms with Crippen LogP contribution < -0.4 is 10.5 Å². The van der Waals surface area contributed by atoms with Crippen molar-refractivity contribution in [2.75, 3.05) is 18.1 Å². The Kier molecular flexibility index (Phi) is 5.01. The number of nitrogens with two attached hydrogens (primary N) is 1. The van der Waals surface area contributed by atoms with Gasteiger partial charge in [-0.3, -0.25) is 4.79 Å². The van der Waals surface area contributed by atoms with Gasteiger partial charge >= 0.3 is 0 Å². The molecule has 1 heterocycles.